The highest BCUT2D eigenvalue weighted by Crippen LogP contribution is 2.22. The Balaban J connectivity index is 1.72. The number of anilines is 1. The van der Waals surface area contributed by atoms with Crippen LogP contribution in [0.4, 0.5) is 10.5 Å². The van der Waals surface area contributed by atoms with E-state index in [0.29, 0.717) is 6.04 Å². The normalized spacial score (nSPS) is 22.2. The number of aromatic nitrogens is 2. The summed E-state index contributed by atoms with van der Waals surface area (Å²) in [6.45, 7) is 8.59. The van der Waals surface area contributed by atoms with Gasteiger partial charge in [-0.2, -0.15) is 5.10 Å². The molecule has 0 unspecified atom stereocenters. The maximum Gasteiger partial charge on any atom is 0.407 e. The fraction of sp³-hybridized carbons (Fsp3) is 0.750. The van der Waals surface area contributed by atoms with Gasteiger partial charge in [-0.15, -0.1) is 0 Å². The predicted molar refractivity (Wildman–Crippen MR) is 86.9 cm³/mol. The average molecular weight is 308 g/mol. The molecule has 1 saturated carbocycles. The second-order valence-corrected chi connectivity index (χ2v) is 6.92. The zero-order valence-corrected chi connectivity index (χ0v) is 14.1. The molecule has 1 amide bonds. The lowest BCUT2D eigenvalue weighted by Crippen LogP contribution is -2.42. The third kappa shape index (κ3) is 5.24. The van der Waals surface area contributed by atoms with Crippen LogP contribution in [0.1, 0.15) is 53.4 Å². The molecule has 6 nitrogen and oxygen atoms in total. The Morgan fingerprint density at radius 1 is 1.32 bits per heavy atom. The molecular formula is C16H28N4O2. The number of carbonyl (C=O) groups is 1. The molecule has 1 aliphatic rings. The number of nitrogens with one attached hydrogen (secondary N) is 2. The Bertz CT molecular complexity index is 485. The Kier molecular flexibility index (Phi) is 5.32. The average Bonchev–Trinajstić information content (AvgIpc) is 2.86. The molecule has 1 aliphatic carbocycles. The van der Waals surface area contributed by atoms with Gasteiger partial charge in [-0.05, 0) is 53.4 Å². The van der Waals surface area contributed by atoms with Gasteiger partial charge in [0.05, 0.1) is 11.9 Å². The van der Waals surface area contributed by atoms with Crippen molar-refractivity contribution in [3.8, 4) is 0 Å². The number of aryl methyl sites for hydroxylation is 1. The van der Waals surface area contributed by atoms with Crippen LogP contribution in [0.25, 0.3) is 0 Å². The number of carbonyl (C=O) groups excluding carboxylic acids is 1. The first-order valence-electron chi connectivity index (χ1n) is 8.14. The summed E-state index contributed by atoms with van der Waals surface area (Å²) in [5.41, 5.74) is 0.632. The van der Waals surface area contributed by atoms with Crippen molar-refractivity contribution in [1.82, 2.24) is 15.1 Å². The molecule has 0 saturated heterocycles. The van der Waals surface area contributed by atoms with Crippen LogP contribution in [0, 0.1) is 0 Å². The smallest absolute Gasteiger partial charge is 0.407 e. The van der Waals surface area contributed by atoms with Gasteiger partial charge in [0.25, 0.3) is 0 Å². The molecular weight excluding hydrogens is 280 g/mol. The first kappa shape index (κ1) is 16.6. The van der Waals surface area contributed by atoms with Crippen LogP contribution in [0.15, 0.2) is 12.4 Å². The van der Waals surface area contributed by atoms with Gasteiger partial charge in [0, 0.05) is 24.8 Å². The van der Waals surface area contributed by atoms with E-state index in [-0.39, 0.29) is 12.1 Å². The van der Waals surface area contributed by atoms with Crippen LogP contribution in [0.5, 0.6) is 0 Å². The second kappa shape index (κ2) is 7.03. The Hall–Kier alpha value is -1.72. The van der Waals surface area contributed by atoms with Crippen LogP contribution in [0.2, 0.25) is 0 Å². The molecule has 0 bridgehead atoms. The number of ether oxygens (including phenoxy) is 1. The first-order chi connectivity index (χ1) is 10.4. The minimum atomic E-state index is -0.442. The molecule has 1 aromatic heterocycles. The van der Waals surface area contributed by atoms with E-state index >= 15 is 0 Å². The van der Waals surface area contributed by atoms with Crippen molar-refractivity contribution in [2.45, 2.75) is 77.6 Å². The van der Waals surface area contributed by atoms with Crippen LogP contribution in [-0.2, 0) is 11.3 Å². The van der Waals surface area contributed by atoms with E-state index in [2.05, 4.69) is 22.7 Å². The maximum atomic E-state index is 11.8. The fourth-order valence-corrected chi connectivity index (χ4v) is 2.70. The molecule has 0 spiro atoms. The minimum absolute atomic E-state index is 0.214. The lowest BCUT2D eigenvalue weighted by molar-refractivity contribution is 0.0492. The molecule has 22 heavy (non-hydrogen) atoms. The standard InChI is InChI=1S/C16H28N4O2/c1-5-20-11-14(10-17-20)18-12-6-8-13(9-7-12)19-15(21)22-16(2,3)4/h10-13,18H,5-9H2,1-4H3,(H,19,21). The number of hydrogen-bond donors (Lipinski definition) is 2. The summed E-state index contributed by atoms with van der Waals surface area (Å²) < 4.78 is 7.22. The molecule has 2 N–H and O–H groups in total. The monoisotopic (exact) mass is 308 g/mol. The SMILES string of the molecule is CCn1cc(NC2CCC(NC(=O)OC(C)(C)C)CC2)cn1. The summed E-state index contributed by atoms with van der Waals surface area (Å²) in [6, 6.07) is 0.664. The number of alkyl carbamates (subject to hydrolysis) is 1. The summed E-state index contributed by atoms with van der Waals surface area (Å²) >= 11 is 0. The maximum absolute atomic E-state index is 11.8. The van der Waals surface area contributed by atoms with E-state index < -0.39 is 5.60 Å². The topological polar surface area (TPSA) is 68.2 Å². The zero-order valence-electron chi connectivity index (χ0n) is 14.1. The van der Waals surface area contributed by atoms with Crippen molar-refractivity contribution in [2.24, 2.45) is 0 Å². The zero-order chi connectivity index (χ0) is 16.2. The van der Waals surface area contributed by atoms with Crippen molar-refractivity contribution in [2.75, 3.05) is 5.32 Å². The van der Waals surface area contributed by atoms with Crippen molar-refractivity contribution >= 4 is 11.8 Å². The van der Waals surface area contributed by atoms with Gasteiger partial charge in [0.2, 0.25) is 0 Å². The summed E-state index contributed by atoms with van der Waals surface area (Å²) in [4.78, 5) is 11.8. The lowest BCUT2D eigenvalue weighted by atomic mass is 9.91. The Morgan fingerprint density at radius 2 is 1.95 bits per heavy atom. The van der Waals surface area contributed by atoms with E-state index in [1.165, 1.54) is 0 Å². The molecule has 1 aromatic rings. The van der Waals surface area contributed by atoms with Gasteiger partial charge in [0.15, 0.2) is 0 Å². The third-order valence-electron chi connectivity index (χ3n) is 3.78. The molecule has 0 atom stereocenters. The van der Waals surface area contributed by atoms with Gasteiger partial charge < -0.3 is 15.4 Å². The number of rotatable bonds is 4. The van der Waals surface area contributed by atoms with E-state index in [4.69, 9.17) is 4.74 Å². The van der Waals surface area contributed by atoms with Gasteiger partial charge in [-0.25, -0.2) is 4.79 Å². The highest BCUT2D eigenvalue weighted by Gasteiger charge is 2.24. The number of nitrogens with zero attached hydrogens (tertiary/aromatic N) is 2. The van der Waals surface area contributed by atoms with Crippen LogP contribution >= 0.6 is 0 Å². The molecule has 2 rings (SSSR count). The lowest BCUT2D eigenvalue weighted by Gasteiger charge is -2.30. The second-order valence-electron chi connectivity index (χ2n) is 6.92. The summed E-state index contributed by atoms with van der Waals surface area (Å²) in [5, 5.41) is 10.8. The van der Waals surface area contributed by atoms with E-state index in [0.717, 1.165) is 37.9 Å². The van der Waals surface area contributed by atoms with Gasteiger partial charge in [-0.1, -0.05) is 0 Å². The quantitative estimate of drug-likeness (QED) is 0.896. The third-order valence-corrected chi connectivity index (χ3v) is 3.78. The van der Waals surface area contributed by atoms with Crippen molar-refractivity contribution in [3.05, 3.63) is 12.4 Å². The van der Waals surface area contributed by atoms with Crippen LogP contribution in [0.3, 0.4) is 0 Å². The van der Waals surface area contributed by atoms with E-state index in [9.17, 15) is 4.79 Å². The summed E-state index contributed by atoms with van der Waals surface area (Å²) in [5.74, 6) is 0. The van der Waals surface area contributed by atoms with Crippen LogP contribution < -0.4 is 10.6 Å². The molecule has 0 aromatic carbocycles. The Morgan fingerprint density at radius 3 is 2.50 bits per heavy atom. The van der Waals surface area contributed by atoms with E-state index in [1.54, 1.807) is 0 Å². The minimum Gasteiger partial charge on any atom is -0.444 e. The molecule has 0 aliphatic heterocycles. The van der Waals surface area contributed by atoms with Crippen molar-refractivity contribution < 1.29 is 9.53 Å². The predicted octanol–water partition coefficient (Wildman–Crippen LogP) is 3.15. The van der Waals surface area contributed by atoms with Crippen molar-refractivity contribution in [3.63, 3.8) is 0 Å². The summed E-state index contributed by atoms with van der Waals surface area (Å²) in [7, 11) is 0. The number of amides is 1. The van der Waals surface area contributed by atoms with Crippen LogP contribution in [-0.4, -0.2) is 33.6 Å². The highest BCUT2D eigenvalue weighted by molar-refractivity contribution is 5.68. The summed E-state index contributed by atoms with van der Waals surface area (Å²) in [6.07, 6.45) is 7.61. The molecule has 0 radical (unpaired) electrons. The largest absolute Gasteiger partial charge is 0.444 e. The molecule has 124 valence electrons. The Labute approximate surface area is 132 Å². The van der Waals surface area contributed by atoms with Crippen molar-refractivity contribution in [1.29, 1.82) is 0 Å². The molecule has 1 heterocycles. The highest BCUT2D eigenvalue weighted by atomic mass is 16.6. The van der Waals surface area contributed by atoms with E-state index in [1.807, 2.05) is 37.8 Å². The first-order valence-corrected chi connectivity index (χ1v) is 8.14. The molecule has 1 fully saturated rings. The van der Waals surface area contributed by atoms with Gasteiger partial charge in [0.1, 0.15) is 5.60 Å². The fourth-order valence-electron chi connectivity index (χ4n) is 2.70. The van der Waals surface area contributed by atoms with Gasteiger partial charge >= 0.3 is 6.09 Å². The molecule has 6 heteroatoms. The number of hydrogen-bond acceptors (Lipinski definition) is 4. The van der Waals surface area contributed by atoms with Gasteiger partial charge in [-0.3, -0.25) is 4.68 Å².